The summed E-state index contributed by atoms with van der Waals surface area (Å²) in [5.74, 6) is 0.593. The van der Waals surface area contributed by atoms with E-state index in [1.807, 2.05) is 0 Å². The van der Waals surface area contributed by atoms with Crippen molar-refractivity contribution in [2.24, 2.45) is 5.92 Å². The number of piperidine rings is 1. The average Bonchev–Trinajstić information content (AvgIpc) is 3.07. The van der Waals surface area contributed by atoms with Gasteiger partial charge in [-0.05, 0) is 49.4 Å². The second kappa shape index (κ2) is 5.79. The molecule has 0 unspecified atom stereocenters. The molecule has 3 rings (SSSR count). The molecule has 122 valence electrons. The topological polar surface area (TPSA) is 49.9 Å². The Morgan fingerprint density at radius 3 is 2.59 bits per heavy atom. The van der Waals surface area contributed by atoms with Crippen LogP contribution in [0.4, 0.5) is 4.39 Å². The van der Waals surface area contributed by atoms with Crippen LogP contribution in [0.3, 0.4) is 0 Å². The number of benzene rings is 1. The highest BCUT2D eigenvalue weighted by Gasteiger charge is 2.51. The van der Waals surface area contributed by atoms with Crippen molar-refractivity contribution in [2.45, 2.75) is 31.3 Å². The second-order valence-corrected chi connectivity index (χ2v) is 8.23. The number of halogens is 1. The van der Waals surface area contributed by atoms with Crippen molar-refractivity contribution in [2.75, 3.05) is 20.7 Å². The van der Waals surface area contributed by atoms with Gasteiger partial charge in [0.2, 0.25) is 0 Å². The Bertz CT molecular complexity index is 633. The molecule has 2 fully saturated rings. The van der Waals surface area contributed by atoms with E-state index in [1.54, 1.807) is 30.5 Å². The minimum atomic E-state index is -3.44. The molecular formula is C15H21FN2O3S. The van der Waals surface area contributed by atoms with Gasteiger partial charge >= 0.3 is 0 Å². The average molecular weight is 328 g/mol. The predicted molar refractivity (Wildman–Crippen MR) is 81.3 cm³/mol. The van der Waals surface area contributed by atoms with E-state index in [0.29, 0.717) is 18.3 Å². The fourth-order valence-electron chi connectivity index (χ4n) is 3.52. The highest BCUT2D eigenvalue weighted by molar-refractivity contribution is 7.86. The first kappa shape index (κ1) is 15.7. The third kappa shape index (κ3) is 2.73. The summed E-state index contributed by atoms with van der Waals surface area (Å²) in [6.45, 7) is 0.305. The van der Waals surface area contributed by atoms with Crippen LogP contribution in [-0.2, 0) is 10.2 Å². The first-order chi connectivity index (χ1) is 10.4. The van der Waals surface area contributed by atoms with Crippen LogP contribution in [-0.4, -0.2) is 49.8 Å². The fourth-order valence-corrected chi connectivity index (χ4v) is 5.04. The molecule has 0 spiro atoms. The quantitative estimate of drug-likeness (QED) is 0.829. The Morgan fingerprint density at radius 2 is 1.95 bits per heavy atom. The summed E-state index contributed by atoms with van der Waals surface area (Å²) in [5, 5.41) is 0. The molecule has 1 heterocycles. The summed E-state index contributed by atoms with van der Waals surface area (Å²) in [4.78, 5) is 0. The smallest absolute Gasteiger partial charge is 0.282 e. The van der Waals surface area contributed by atoms with Gasteiger partial charge in [-0.3, -0.25) is 0 Å². The third-order valence-electron chi connectivity index (χ3n) is 4.64. The molecule has 7 heteroatoms. The van der Waals surface area contributed by atoms with Crippen molar-refractivity contribution in [1.82, 2.24) is 8.61 Å². The minimum Gasteiger partial charge on any atom is -0.492 e. The molecule has 1 aromatic carbocycles. The Balaban J connectivity index is 1.75. The SMILES string of the molecule is CN(C)S(=O)(=O)N1[C@@H]2CC[C@@H](C2)[C@H]1COc1ccc(F)cc1. The molecule has 0 aromatic heterocycles. The number of nitrogens with zero attached hydrogens (tertiary/aromatic N) is 2. The maximum absolute atomic E-state index is 12.9. The van der Waals surface area contributed by atoms with Gasteiger partial charge in [0.1, 0.15) is 18.2 Å². The van der Waals surface area contributed by atoms with Gasteiger partial charge in [-0.15, -0.1) is 0 Å². The maximum Gasteiger partial charge on any atom is 0.282 e. The van der Waals surface area contributed by atoms with Crippen LogP contribution in [0.5, 0.6) is 5.75 Å². The minimum absolute atomic E-state index is 0.0826. The van der Waals surface area contributed by atoms with Gasteiger partial charge in [-0.1, -0.05) is 0 Å². The lowest BCUT2D eigenvalue weighted by Crippen LogP contribution is -2.51. The van der Waals surface area contributed by atoms with Crippen LogP contribution < -0.4 is 4.74 Å². The summed E-state index contributed by atoms with van der Waals surface area (Å²) in [6.07, 6.45) is 2.87. The highest BCUT2D eigenvalue weighted by Crippen LogP contribution is 2.44. The number of hydrogen-bond acceptors (Lipinski definition) is 3. The fraction of sp³-hybridized carbons (Fsp3) is 0.600. The molecule has 1 aliphatic carbocycles. The molecule has 2 aliphatic rings. The third-order valence-corrected chi connectivity index (χ3v) is 6.66. The van der Waals surface area contributed by atoms with E-state index in [9.17, 15) is 12.8 Å². The monoisotopic (exact) mass is 328 g/mol. The summed E-state index contributed by atoms with van der Waals surface area (Å²) in [7, 11) is -0.332. The van der Waals surface area contributed by atoms with Crippen molar-refractivity contribution >= 4 is 10.2 Å². The molecule has 3 atom stereocenters. The van der Waals surface area contributed by atoms with Gasteiger partial charge in [0, 0.05) is 20.1 Å². The molecule has 0 radical (unpaired) electrons. The van der Waals surface area contributed by atoms with Gasteiger partial charge in [0.25, 0.3) is 10.2 Å². The molecule has 0 N–H and O–H groups in total. The van der Waals surface area contributed by atoms with E-state index >= 15 is 0 Å². The Labute approximate surface area is 130 Å². The molecule has 5 nitrogen and oxygen atoms in total. The van der Waals surface area contributed by atoms with E-state index < -0.39 is 10.2 Å². The Hall–Kier alpha value is -1.18. The molecule has 1 aliphatic heterocycles. The number of hydrogen-bond donors (Lipinski definition) is 0. The van der Waals surface area contributed by atoms with Crippen molar-refractivity contribution in [3.63, 3.8) is 0 Å². The van der Waals surface area contributed by atoms with Crippen LogP contribution in [0.15, 0.2) is 24.3 Å². The largest absolute Gasteiger partial charge is 0.492 e. The van der Waals surface area contributed by atoms with Crippen molar-refractivity contribution < 1.29 is 17.5 Å². The van der Waals surface area contributed by atoms with Gasteiger partial charge < -0.3 is 4.74 Å². The van der Waals surface area contributed by atoms with E-state index in [-0.39, 0.29) is 17.9 Å². The molecule has 1 aromatic rings. The Kier molecular flexibility index (Phi) is 4.13. The highest BCUT2D eigenvalue weighted by atomic mass is 32.2. The predicted octanol–water partition coefficient (Wildman–Crippen LogP) is 1.86. The standard InChI is InChI=1S/C15H21FN2O3S/c1-17(2)22(19,20)18-13-6-3-11(9-13)15(18)10-21-14-7-4-12(16)5-8-14/h4-5,7-8,11,13,15H,3,6,9-10H2,1-2H3/t11-,13+,15+/m0/s1. The van der Waals surface area contributed by atoms with Crippen LogP contribution >= 0.6 is 0 Å². The summed E-state index contributed by atoms with van der Waals surface area (Å²) in [5.41, 5.74) is 0. The normalized spacial score (nSPS) is 28.5. The van der Waals surface area contributed by atoms with E-state index in [0.717, 1.165) is 19.3 Å². The van der Waals surface area contributed by atoms with Gasteiger partial charge in [-0.25, -0.2) is 4.39 Å². The van der Waals surface area contributed by atoms with Crippen LogP contribution in [0.25, 0.3) is 0 Å². The molecule has 1 saturated heterocycles. The molecule has 22 heavy (non-hydrogen) atoms. The van der Waals surface area contributed by atoms with Gasteiger partial charge in [-0.2, -0.15) is 17.0 Å². The van der Waals surface area contributed by atoms with Crippen molar-refractivity contribution in [3.8, 4) is 5.75 Å². The second-order valence-electron chi connectivity index (χ2n) is 6.18. The van der Waals surface area contributed by atoms with Gasteiger partial charge in [0.05, 0.1) is 6.04 Å². The summed E-state index contributed by atoms with van der Waals surface area (Å²) >= 11 is 0. The molecular weight excluding hydrogens is 307 g/mol. The number of rotatable bonds is 5. The van der Waals surface area contributed by atoms with Crippen molar-refractivity contribution in [3.05, 3.63) is 30.1 Å². The molecule has 1 saturated carbocycles. The lowest BCUT2D eigenvalue weighted by Gasteiger charge is -2.35. The zero-order valence-electron chi connectivity index (χ0n) is 12.8. The first-order valence-corrected chi connectivity index (χ1v) is 8.88. The number of fused-ring (bicyclic) bond motifs is 2. The lowest BCUT2D eigenvalue weighted by atomic mass is 10.0. The molecule has 2 bridgehead atoms. The van der Waals surface area contributed by atoms with E-state index in [4.69, 9.17) is 4.74 Å². The Morgan fingerprint density at radius 1 is 1.27 bits per heavy atom. The summed E-state index contributed by atoms with van der Waals surface area (Å²) < 4.78 is 46.6. The van der Waals surface area contributed by atoms with Crippen molar-refractivity contribution in [1.29, 1.82) is 0 Å². The molecule has 0 amide bonds. The zero-order valence-corrected chi connectivity index (χ0v) is 13.6. The maximum atomic E-state index is 12.9. The van der Waals surface area contributed by atoms with Crippen LogP contribution in [0.1, 0.15) is 19.3 Å². The van der Waals surface area contributed by atoms with Gasteiger partial charge in [0.15, 0.2) is 0 Å². The van der Waals surface area contributed by atoms with Crippen LogP contribution in [0, 0.1) is 11.7 Å². The zero-order chi connectivity index (χ0) is 15.9. The van der Waals surface area contributed by atoms with E-state index in [2.05, 4.69) is 0 Å². The van der Waals surface area contributed by atoms with Crippen LogP contribution in [0.2, 0.25) is 0 Å². The van der Waals surface area contributed by atoms with E-state index in [1.165, 1.54) is 16.4 Å². The number of ether oxygens (including phenoxy) is 1. The summed E-state index contributed by atoms with van der Waals surface area (Å²) in [6, 6.07) is 5.74. The first-order valence-electron chi connectivity index (χ1n) is 7.49. The lowest BCUT2D eigenvalue weighted by molar-refractivity contribution is 0.157.